The number of hydrogen-bond donors (Lipinski definition) is 1. The molecule has 0 aliphatic carbocycles. The van der Waals surface area contributed by atoms with Crippen molar-refractivity contribution in [1.29, 1.82) is 0 Å². The molecule has 0 spiro atoms. The fourth-order valence-electron chi connectivity index (χ4n) is 2.01. The Morgan fingerprint density at radius 1 is 0.824 bits per heavy atom. The van der Waals surface area contributed by atoms with Gasteiger partial charge in [0.1, 0.15) is 0 Å². The first kappa shape index (κ1) is 12.1. The fourth-order valence-corrected chi connectivity index (χ4v) is 4.66. The first-order chi connectivity index (χ1) is 8.42. The Bertz CT molecular complexity index is 388. The van der Waals surface area contributed by atoms with Gasteiger partial charge in [-0.2, -0.15) is 0 Å². The molecule has 1 nitrogen and oxygen atoms in total. The van der Waals surface area contributed by atoms with Gasteiger partial charge in [0.05, 0.1) is 0 Å². The summed E-state index contributed by atoms with van der Waals surface area (Å²) in [5.74, 6) is 0. The lowest BCUT2D eigenvalue weighted by Crippen LogP contribution is -2.54. The van der Waals surface area contributed by atoms with E-state index in [4.69, 9.17) is 0 Å². The topological polar surface area (TPSA) is 12.0 Å². The van der Waals surface area contributed by atoms with Gasteiger partial charge in [-0.25, -0.2) is 0 Å². The minimum Gasteiger partial charge on any atom is -0.333 e. The highest BCUT2D eigenvalue weighted by Gasteiger charge is 2.14. The van der Waals surface area contributed by atoms with E-state index in [1.54, 1.807) is 0 Å². The van der Waals surface area contributed by atoms with Crippen LogP contribution in [0.5, 0.6) is 0 Å². The monoisotopic (exact) mass is 241 g/mol. The van der Waals surface area contributed by atoms with Crippen LogP contribution in [0.1, 0.15) is 13.3 Å². The molecule has 0 unspecified atom stereocenters. The largest absolute Gasteiger partial charge is 0.333 e. The van der Waals surface area contributed by atoms with Crippen LogP contribution in [0, 0.1) is 0 Å². The van der Waals surface area contributed by atoms with E-state index in [2.05, 4.69) is 72.6 Å². The van der Waals surface area contributed by atoms with Crippen LogP contribution in [0.15, 0.2) is 60.7 Å². The summed E-state index contributed by atoms with van der Waals surface area (Å²) in [5.41, 5.74) is 0. The SMILES string of the molecule is CCCN[SiH](c1ccccc1)c1ccccc1. The number of rotatable bonds is 5. The van der Waals surface area contributed by atoms with Gasteiger partial charge in [-0.15, -0.1) is 0 Å². The molecule has 0 amide bonds. The highest BCUT2D eigenvalue weighted by atomic mass is 28.3. The predicted molar refractivity (Wildman–Crippen MR) is 77.6 cm³/mol. The second-order valence-corrected chi connectivity index (χ2v) is 6.82. The van der Waals surface area contributed by atoms with E-state index < -0.39 is 8.96 Å². The van der Waals surface area contributed by atoms with Crippen molar-refractivity contribution in [3.8, 4) is 0 Å². The van der Waals surface area contributed by atoms with Gasteiger partial charge in [0.25, 0.3) is 0 Å². The Morgan fingerprint density at radius 3 is 1.71 bits per heavy atom. The van der Waals surface area contributed by atoms with Crippen LogP contribution in [0.25, 0.3) is 0 Å². The first-order valence-corrected chi connectivity index (χ1v) is 7.98. The zero-order valence-electron chi connectivity index (χ0n) is 10.3. The molecule has 0 radical (unpaired) electrons. The smallest absolute Gasteiger partial charge is 0.173 e. The van der Waals surface area contributed by atoms with Crippen molar-refractivity contribution in [3.05, 3.63) is 60.7 Å². The number of hydrogen-bond acceptors (Lipinski definition) is 1. The summed E-state index contributed by atoms with van der Waals surface area (Å²) < 4.78 is 0. The number of nitrogens with one attached hydrogen (secondary N) is 1. The minimum absolute atomic E-state index is 1.10. The minimum atomic E-state index is -1.22. The molecule has 88 valence electrons. The van der Waals surface area contributed by atoms with E-state index in [9.17, 15) is 0 Å². The second-order valence-electron chi connectivity index (χ2n) is 4.21. The van der Waals surface area contributed by atoms with Crippen LogP contribution in [-0.2, 0) is 0 Å². The molecule has 2 heteroatoms. The van der Waals surface area contributed by atoms with Crippen LogP contribution in [0.2, 0.25) is 0 Å². The highest BCUT2D eigenvalue weighted by Crippen LogP contribution is 1.91. The van der Waals surface area contributed by atoms with Gasteiger partial charge in [-0.1, -0.05) is 67.6 Å². The molecule has 0 aromatic heterocycles. The average Bonchev–Trinajstić information content (AvgIpc) is 2.42. The summed E-state index contributed by atoms with van der Waals surface area (Å²) >= 11 is 0. The molecule has 0 fully saturated rings. The van der Waals surface area contributed by atoms with Gasteiger partial charge >= 0.3 is 0 Å². The van der Waals surface area contributed by atoms with Gasteiger partial charge in [0.15, 0.2) is 8.96 Å². The number of benzene rings is 2. The van der Waals surface area contributed by atoms with Crippen molar-refractivity contribution in [3.63, 3.8) is 0 Å². The van der Waals surface area contributed by atoms with Crippen LogP contribution in [-0.4, -0.2) is 15.5 Å². The molecule has 2 aromatic carbocycles. The maximum absolute atomic E-state index is 3.74. The van der Waals surface area contributed by atoms with E-state index in [-0.39, 0.29) is 0 Å². The van der Waals surface area contributed by atoms with Gasteiger partial charge in [-0.3, -0.25) is 0 Å². The van der Waals surface area contributed by atoms with Gasteiger partial charge in [0.2, 0.25) is 0 Å². The average molecular weight is 241 g/mol. The highest BCUT2D eigenvalue weighted by molar-refractivity contribution is 6.83. The molecule has 2 aromatic rings. The van der Waals surface area contributed by atoms with Crippen LogP contribution < -0.4 is 15.4 Å². The van der Waals surface area contributed by atoms with E-state index in [1.807, 2.05) is 0 Å². The Labute approximate surface area is 105 Å². The van der Waals surface area contributed by atoms with Crippen molar-refractivity contribution in [1.82, 2.24) is 4.98 Å². The predicted octanol–water partition coefficient (Wildman–Crippen LogP) is 1.52. The first-order valence-electron chi connectivity index (χ1n) is 6.25. The Hall–Kier alpha value is -1.38. The zero-order chi connectivity index (χ0) is 11.9. The molecule has 0 heterocycles. The molecule has 0 bridgehead atoms. The molecule has 0 saturated carbocycles. The zero-order valence-corrected chi connectivity index (χ0v) is 11.4. The van der Waals surface area contributed by atoms with Crippen LogP contribution in [0.4, 0.5) is 0 Å². The Kier molecular flexibility index (Phi) is 4.53. The third-order valence-electron chi connectivity index (χ3n) is 2.86. The standard InChI is InChI=1S/C15H19NSi/c1-2-13-16-17(14-9-5-3-6-10-14)15-11-7-4-8-12-15/h3-12,16-17H,2,13H2,1H3. The van der Waals surface area contributed by atoms with Crippen LogP contribution in [0.3, 0.4) is 0 Å². The van der Waals surface area contributed by atoms with Gasteiger partial charge in [-0.05, 0) is 23.3 Å². The Balaban J connectivity index is 2.26. The third-order valence-corrected chi connectivity index (χ3v) is 5.66. The molecule has 2 rings (SSSR count). The summed E-state index contributed by atoms with van der Waals surface area (Å²) in [4.78, 5) is 3.74. The quantitative estimate of drug-likeness (QED) is 0.783. The van der Waals surface area contributed by atoms with Crippen molar-refractivity contribution in [2.75, 3.05) is 6.54 Å². The molecule has 17 heavy (non-hydrogen) atoms. The van der Waals surface area contributed by atoms with Crippen molar-refractivity contribution in [2.24, 2.45) is 0 Å². The van der Waals surface area contributed by atoms with Crippen molar-refractivity contribution >= 4 is 19.3 Å². The normalized spacial score (nSPS) is 10.7. The molecule has 0 aliphatic rings. The van der Waals surface area contributed by atoms with Crippen molar-refractivity contribution in [2.45, 2.75) is 13.3 Å². The molecular formula is C15H19NSi. The summed E-state index contributed by atoms with van der Waals surface area (Å²) in [6, 6.07) is 21.7. The lowest BCUT2D eigenvalue weighted by atomic mass is 10.4. The second kappa shape index (κ2) is 6.38. The van der Waals surface area contributed by atoms with E-state index >= 15 is 0 Å². The summed E-state index contributed by atoms with van der Waals surface area (Å²) in [7, 11) is -1.22. The maximum atomic E-state index is 3.74. The lowest BCUT2D eigenvalue weighted by Gasteiger charge is -2.17. The van der Waals surface area contributed by atoms with E-state index in [0.717, 1.165) is 6.54 Å². The summed E-state index contributed by atoms with van der Waals surface area (Å²) in [6.45, 7) is 3.31. The van der Waals surface area contributed by atoms with Gasteiger partial charge < -0.3 is 4.98 Å². The molecular weight excluding hydrogens is 222 g/mol. The van der Waals surface area contributed by atoms with Gasteiger partial charge in [0, 0.05) is 0 Å². The molecule has 0 atom stereocenters. The maximum Gasteiger partial charge on any atom is 0.173 e. The Morgan fingerprint density at radius 2 is 1.29 bits per heavy atom. The summed E-state index contributed by atoms with van der Waals surface area (Å²) in [5, 5.41) is 2.93. The molecule has 0 saturated heterocycles. The summed E-state index contributed by atoms with van der Waals surface area (Å²) in [6.07, 6.45) is 1.18. The van der Waals surface area contributed by atoms with Crippen LogP contribution >= 0.6 is 0 Å². The fraction of sp³-hybridized carbons (Fsp3) is 0.200. The third kappa shape index (κ3) is 3.28. The molecule has 0 aliphatic heterocycles. The lowest BCUT2D eigenvalue weighted by molar-refractivity contribution is 0.858. The van der Waals surface area contributed by atoms with E-state index in [1.165, 1.54) is 16.8 Å². The molecule has 1 N–H and O–H groups in total. The van der Waals surface area contributed by atoms with E-state index in [0.29, 0.717) is 0 Å². The van der Waals surface area contributed by atoms with Crippen molar-refractivity contribution < 1.29 is 0 Å².